The lowest BCUT2D eigenvalue weighted by Crippen LogP contribution is -2.23. The topological polar surface area (TPSA) is 29.5 Å². The zero-order valence-electron chi connectivity index (χ0n) is 11.1. The third kappa shape index (κ3) is 4.34. The van der Waals surface area contributed by atoms with E-state index in [9.17, 15) is 9.18 Å². The van der Waals surface area contributed by atoms with Crippen LogP contribution >= 0.6 is 0 Å². The van der Waals surface area contributed by atoms with E-state index in [1.165, 1.54) is 19.2 Å². The minimum absolute atomic E-state index is 0.0507. The number of carbonyl (C=O) groups excluding carboxylic acids is 1. The number of methoxy groups -OCH3 is 1. The van der Waals surface area contributed by atoms with Crippen LogP contribution < -0.4 is 0 Å². The Bertz CT molecular complexity index is 461. The summed E-state index contributed by atoms with van der Waals surface area (Å²) in [5, 5.41) is 0. The maximum Gasteiger partial charge on any atom is 0.340 e. The normalized spacial score (nSPS) is 10.3. The van der Waals surface area contributed by atoms with Gasteiger partial charge in [0.25, 0.3) is 0 Å². The third-order valence-electron chi connectivity index (χ3n) is 2.62. The summed E-state index contributed by atoms with van der Waals surface area (Å²) in [6.45, 7) is 9.30. The molecule has 0 heterocycles. The van der Waals surface area contributed by atoms with E-state index in [1.54, 1.807) is 18.2 Å². The molecule has 4 heteroatoms. The highest BCUT2D eigenvalue weighted by Gasteiger charge is 2.13. The van der Waals surface area contributed by atoms with E-state index >= 15 is 0 Å². The standard InChI is InChI=1S/C15H18FNO2/c1-4-8-17(9-5-2)11-12-6-7-13(14(16)10-12)15(18)19-3/h4-7,10H,1-2,8-9,11H2,3H3. The van der Waals surface area contributed by atoms with E-state index in [0.29, 0.717) is 19.6 Å². The fourth-order valence-electron chi connectivity index (χ4n) is 1.76. The number of nitrogens with zero attached hydrogens (tertiary/aromatic N) is 1. The average Bonchev–Trinajstić information content (AvgIpc) is 2.38. The number of hydrogen-bond acceptors (Lipinski definition) is 3. The van der Waals surface area contributed by atoms with Crippen LogP contribution in [0.25, 0.3) is 0 Å². The molecule has 0 fully saturated rings. The molecule has 0 aliphatic rings. The first-order valence-electron chi connectivity index (χ1n) is 5.93. The molecule has 1 rings (SSSR count). The summed E-state index contributed by atoms with van der Waals surface area (Å²) in [4.78, 5) is 13.3. The molecular weight excluding hydrogens is 245 g/mol. The van der Waals surface area contributed by atoms with E-state index in [1.807, 2.05) is 4.90 Å². The number of esters is 1. The third-order valence-corrected chi connectivity index (χ3v) is 2.62. The quantitative estimate of drug-likeness (QED) is 0.559. The second kappa shape index (κ2) is 7.48. The van der Waals surface area contributed by atoms with E-state index in [-0.39, 0.29) is 5.56 Å². The molecule has 0 radical (unpaired) electrons. The van der Waals surface area contributed by atoms with Crippen molar-refractivity contribution in [1.29, 1.82) is 0 Å². The van der Waals surface area contributed by atoms with Gasteiger partial charge in [0.15, 0.2) is 0 Å². The van der Waals surface area contributed by atoms with E-state index in [4.69, 9.17) is 0 Å². The first-order valence-corrected chi connectivity index (χ1v) is 5.93. The van der Waals surface area contributed by atoms with Gasteiger partial charge in [-0.3, -0.25) is 4.90 Å². The van der Waals surface area contributed by atoms with Crippen LogP contribution in [0.4, 0.5) is 4.39 Å². The highest BCUT2D eigenvalue weighted by atomic mass is 19.1. The molecule has 0 unspecified atom stereocenters. The molecule has 0 saturated carbocycles. The van der Waals surface area contributed by atoms with Gasteiger partial charge in [0, 0.05) is 19.6 Å². The molecule has 0 saturated heterocycles. The Kier molecular flexibility index (Phi) is 5.96. The predicted molar refractivity (Wildman–Crippen MR) is 73.4 cm³/mol. The van der Waals surface area contributed by atoms with Gasteiger partial charge in [0.05, 0.1) is 12.7 Å². The maximum absolute atomic E-state index is 13.7. The van der Waals surface area contributed by atoms with Crippen LogP contribution in [-0.4, -0.2) is 31.1 Å². The summed E-state index contributed by atoms with van der Waals surface area (Å²) < 4.78 is 18.2. The summed E-state index contributed by atoms with van der Waals surface area (Å²) in [5.41, 5.74) is 0.735. The second-order valence-corrected chi connectivity index (χ2v) is 4.08. The summed E-state index contributed by atoms with van der Waals surface area (Å²) in [6.07, 6.45) is 3.56. The lowest BCUT2D eigenvalue weighted by Gasteiger charge is -2.18. The molecule has 0 bridgehead atoms. The number of halogens is 1. The van der Waals surface area contributed by atoms with Crippen LogP contribution in [0, 0.1) is 5.82 Å². The molecule has 0 aliphatic carbocycles. The van der Waals surface area contributed by atoms with Gasteiger partial charge in [-0.15, -0.1) is 13.2 Å². The molecule has 0 amide bonds. The van der Waals surface area contributed by atoms with Crippen molar-refractivity contribution < 1.29 is 13.9 Å². The fraction of sp³-hybridized carbons (Fsp3) is 0.267. The molecule has 0 spiro atoms. The molecule has 1 aromatic carbocycles. The summed E-state index contributed by atoms with van der Waals surface area (Å²) in [7, 11) is 1.23. The van der Waals surface area contributed by atoms with E-state index < -0.39 is 11.8 Å². The van der Waals surface area contributed by atoms with Crippen LogP contribution in [-0.2, 0) is 11.3 Å². The Morgan fingerprint density at radius 2 is 2.00 bits per heavy atom. The first-order chi connectivity index (χ1) is 9.12. The lowest BCUT2D eigenvalue weighted by atomic mass is 10.1. The van der Waals surface area contributed by atoms with Crippen molar-refractivity contribution in [2.75, 3.05) is 20.2 Å². The minimum Gasteiger partial charge on any atom is -0.465 e. The number of carbonyl (C=O) groups is 1. The fourth-order valence-corrected chi connectivity index (χ4v) is 1.76. The predicted octanol–water partition coefficient (Wildman–Crippen LogP) is 2.79. The van der Waals surface area contributed by atoms with Crippen molar-refractivity contribution in [1.82, 2.24) is 4.90 Å². The van der Waals surface area contributed by atoms with Crippen molar-refractivity contribution in [3.05, 3.63) is 60.5 Å². The van der Waals surface area contributed by atoms with Crippen molar-refractivity contribution in [3.63, 3.8) is 0 Å². The maximum atomic E-state index is 13.7. The number of rotatable bonds is 7. The Balaban J connectivity index is 2.84. The molecule has 102 valence electrons. The molecule has 0 N–H and O–H groups in total. The Morgan fingerprint density at radius 1 is 1.37 bits per heavy atom. The highest BCUT2D eigenvalue weighted by molar-refractivity contribution is 5.89. The van der Waals surface area contributed by atoms with Gasteiger partial charge in [-0.2, -0.15) is 0 Å². The molecule has 19 heavy (non-hydrogen) atoms. The van der Waals surface area contributed by atoms with Gasteiger partial charge in [0.1, 0.15) is 5.82 Å². The average molecular weight is 263 g/mol. The van der Waals surface area contributed by atoms with Crippen LogP contribution in [0.15, 0.2) is 43.5 Å². The Morgan fingerprint density at radius 3 is 2.47 bits per heavy atom. The number of benzene rings is 1. The molecule has 1 aromatic rings. The molecule has 3 nitrogen and oxygen atoms in total. The smallest absolute Gasteiger partial charge is 0.340 e. The molecular formula is C15H18FNO2. The zero-order chi connectivity index (χ0) is 14.3. The largest absolute Gasteiger partial charge is 0.465 e. The van der Waals surface area contributed by atoms with Crippen molar-refractivity contribution >= 4 is 5.97 Å². The van der Waals surface area contributed by atoms with Gasteiger partial charge in [-0.1, -0.05) is 18.2 Å². The van der Waals surface area contributed by atoms with Gasteiger partial charge < -0.3 is 4.74 Å². The number of hydrogen-bond donors (Lipinski definition) is 0. The van der Waals surface area contributed by atoms with Gasteiger partial charge in [0.2, 0.25) is 0 Å². The zero-order valence-corrected chi connectivity index (χ0v) is 11.1. The number of ether oxygens (including phenoxy) is 1. The minimum atomic E-state index is -0.668. The first kappa shape index (κ1) is 15.1. The van der Waals surface area contributed by atoms with Crippen LogP contribution in [0.2, 0.25) is 0 Å². The Hall–Kier alpha value is -1.94. The van der Waals surface area contributed by atoms with E-state index in [0.717, 1.165) is 5.56 Å². The molecule has 0 atom stereocenters. The monoisotopic (exact) mass is 263 g/mol. The lowest BCUT2D eigenvalue weighted by molar-refractivity contribution is 0.0595. The van der Waals surface area contributed by atoms with Crippen LogP contribution in [0.5, 0.6) is 0 Å². The highest BCUT2D eigenvalue weighted by Crippen LogP contribution is 2.13. The Labute approximate surface area is 113 Å². The summed E-state index contributed by atoms with van der Waals surface area (Å²) in [5.74, 6) is -1.24. The molecule has 0 aliphatic heterocycles. The SMILES string of the molecule is C=CCN(CC=C)Cc1ccc(C(=O)OC)c(F)c1. The second-order valence-electron chi connectivity index (χ2n) is 4.08. The van der Waals surface area contributed by atoms with Crippen molar-refractivity contribution in [2.45, 2.75) is 6.54 Å². The van der Waals surface area contributed by atoms with Crippen molar-refractivity contribution in [3.8, 4) is 0 Å². The van der Waals surface area contributed by atoms with Gasteiger partial charge >= 0.3 is 5.97 Å². The van der Waals surface area contributed by atoms with Crippen molar-refractivity contribution in [2.24, 2.45) is 0 Å². The molecule has 0 aromatic heterocycles. The van der Waals surface area contributed by atoms with Gasteiger partial charge in [-0.25, -0.2) is 9.18 Å². The van der Waals surface area contributed by atoms with Gasteiger partial charge in [-0.05, 0) is 17.7 Å². The summed E-state index contributed by atoms with van der Waals surface area (Å²) in [6, 6.07) is 4.51. The summed E-state index contributed by atoms with van der Waals surface area (Å²) >= 11 is 0. The van der Waals surface area contributed by atoms with Crippen LogP contribution in [0.3, 0.4) is 0 Å². The van der Waals surface area contributed by atoms with Crippen LogP contribution in [0.1, 0.15) is 15.9 Å². The van der Waals surface area contributed by atoms with E-state index in [2.05, 4.69) is 17.9 Å².